The molecule has 3 aliphatic rings. The van der Waals surface area contributed by atoms with E-state index in [9.17, 15) is 4.79 Å². The van der Waals surface area contributed by atoms with Crippen molar-refractivity contribution in [3.8, 4) is 0 Å². The molecule has 12 heavy (non-hydrogen) atoms. The van der Waals surface area contributed by atoms with Crippen molar-refractivity contribution in [1.29, 1.82) is 0 Å². The third kappa shape index (κ3) is 1.01. The number of carbonyl (C=O) groups excluding carboxylic acids is 1. The molecule has 2 aliphatic heterocycles. The number of ether oxygens (including phenoxy) is 1. The van der Waals surface area contributed by atoms with E-state index in [-0.39, 0.29) is 5.60 Å². The molecule has 1 aliphatic carbocycles. The standard InChI is InChI=1S/C10H16O2/c1-2-9-3-5-10(7-11,6-4-9)12-8-9/h7H,2-6,8H2,1H3. The van der Waals surface area contributed by atoms with Gasteiger partial charge in [-0.1, -0.05) is 6.92 Å². The molecule has 1 saturated carbocycles. The Morgan fingerprint density at radius 1 is 1.33 bits per heavy atom. The Labute approximate surface area is 73.3 Å². The van der Waals surface area contributed by atoms with Crippen molar-refractivity contribution in [2.24, 2.45) is 5.41 Å². The SMILES string of the molecule is CCC12CCC(C=O)(CC1)OC2. The van der Waals surface area contributed by atoms with Crippen LogP contribution in [-0.4, -0.2) is 18.5 Å². The van der Waals surface area contributed by atoms with E-state index in [0.717, 1.165) is 25.7 Å². The Morgan fingerprint density at radius 2 is 2.00 bits per heavy atom. The van der Waals surface area contributed by atoms with Gasteiger partial charge in [-0.2, -0.15) is 0 Å². The molecule has 0 unspecified atom stereocenters. The van der Waals surface area contributed by atoms with E-state index in [1.807, 2.05) is 0 Å². The molecule has 2 heterocycles. The highest BCUT2D eigenvalue weighted by molar-refractivity contribution is 5.63. The Bertz CT molecular complexity index is 173. The zero-order valence-electron chi connectivity index (χ0n) is 7.64. The molecular formula is C10H16O2. The highest BCUT2D eigenvalue weighted by Gasteiger charge is 2.48. The quantitative estimate of drug-likeness (QED) is 0.589. The minimum atomic E-state index is -0.378. The minimum absolute atomic E-state index is 0.378. The van der Waals surface area contributed by atoms with Crippen molar-refractivity contribution < 1.29 is 9.53 Å². The van der Waals surface area contributed by atoms with Crippen LogP contribution in [0, 0.1) is 5.41 Å². The van der Waals surface area contributed by atoms with E-state index in [0.29, 0.717) is 5.41 Å². The lowest BCUT2D eigenvalue weighted by Crippen LogP contribution is -2.51. The first kappa shape index (κ1) is 8.24. The average molecular weight is 168 g/mol. The van der Waals surface area contributed by atoms with Crippen LogP contribution in [0.25, 0.3) is 0 Å². The van der Waals surface area contributed by atoms with Crippen LogP contribution in [0.2, 0.25) is 0 Å². The summed E-state index contributed by atoms with van der Waals surface area (Å²) in [6, 6.07) is 0. The first-order valence-electron chi connectivity index (χ1n) is 4.85. The highest BCUT2D eigenvalue weighted by atomic mass is 16.5. The maximum absolute atomic E-state index is 10.8. The smallest absolute Gasteiger partial charge is 0.151 e. The lowest BCUT2D eigenvalue weighted by molar-refractivity contribution is -0.181. The fourth-order valence-electron chi connectivity index (χ4n) is 2.40. The topological polar surface area (TPSA) is 26.3 Å². The van der Waals surface area contributed by atoms with E-state index in [4.69, 9.17) is 4.74 Å². The highest BCUT2D eigenvalue weighted by Crippen LogP contribution is 2.49. The summed E-state index contributed by atoms with van der Waals surface area (Å²) in [5, 5.41) is 0. The van der Waals surface area contributed by atoms with E-state index >= 15 is 0 Å². The number of fused-ring (bicyclic) bond motifs is 3. The summed E-state index contributed by atoms with van der Waals surface area (Å²) in [5.41, 5.74) is 0.0433. The van der Waals surface area contributed by atoms with Gasteiger partial charge in [0.25, 0.3) is 0 Å². The molecule has 3 fully saturated rings. The van der Waals surface area contributed by atoms with Crippen LogP contribution >= 0.6 is 0 Å². The molecule has 2 saturated heterocycles. The van der Waals surface area contributed by atoms with Crippen LogP contribution in [0.4, 0.5) is 0 Å². The molecule has 2 bridgehead atoms. The second-order valence-corrected chi connectivity index (χ2v) is 4.32. The van der Waals surface area contributed by atoms with Gasteiger partial charge in [0.15, 0.2) is 6.29 Å². The van der Waals surface area contributed by atoms with Crippen LogP contribution in [0.1, 0.15) is 39.0 Å². The van der Waals surface area contributed by atoms with Crippen molar-refractivity contribution in [2.45, 2.75) is 44.6 Å². The van der Waals surface area contributed by atoms with E-state index in [1.54, 1.807) is 0 Å². The van der Waals surface area contributed by atoms with Crippen LogP contribution in [-0.2, 0) is 9.53 Å². The Hall–Kier alpha value is -0.370. The second-order valence-electron chi connectivity index (χ2n) is 4.32. The molecule has 0 atom stereocenters. The van der Waals surface area contributed by atoms with E-state index < -0.39 is 0 Å². The first-order valence-corrected chi connectivity index (χ1v) is 4.85. The van der Waals surface area contributed by atoms with Gasteiger partial charge >= 0.3 is 0 Å². The van der Waals surface area contributed by atoms with E-state index in [1.165, 1.54) is 19.3 Å². The van der Waals surface area contributed by atoms with Gasteiger partial charge in [0.1, 0.15) is 5.60 Å². The molecule has 2 nitrogen and oxygen atoms in total. The largest absolute Gasteiger partial charge is 0.367 e. The summed E-state index contributed by atoms with van der Waals surface area (Å²) in [7, 11) is 0. The monoisotopic (exact) mass is 168 g/mol. The van der Waals surface area contributed by atoms with Gasteiger partial charge in [0, 0.05) is 0 Å². The number of rotatable bonds is 2. The van der Waals surface area contributed by atoms with Gasteiger partial charge in [-0.3, -0.25) is 0 Å². The predicted molar refractivity (Wildman–Crippen MR) is 45.9 cm³/mol. The summed E-state index contributed by atoms with van der Waals surface area (Å²) in [6.07, 6.45) is 6.48. The second kappa shape index (κ2) is 2.56. The number of hydrogen-bond acceptors (Lipinski definition) is 2. The summed E-state index contributed by atoms with van der Waals surface area (Å²) in [6.45, 7) is 3.03. The van der Waals surface area contributed by atoms with Crippen molar-refractivity contribution >= 4 is 6.29 Å². The van der Waals surface area contributed by atoms with Gasteiger partial charge in [0.2, 0.25) is 0 Å². The maximum atomic E-state index is 10.8. The molecule has 0 amide bonds. The van der Waals surface area contributed by atoms with Crippen LogP contribution < -0.4 is 0 Å². The zero-order valence-corrected chi connectivity index (χ0v) is 7.64. The molecule has 2 heteroatoms. The minimum Gasteiger partial charge on any atom is -0.367 e. The van der Waals surface area contributed by atoms with Gasteiger partial charge in [-0.25, -0.2) is 0 Å². The first-order chi connectivity index (χ1) is 5.74. The Kier molecular flexibility index (Phi) is 1.76. The van der Waals surface area contributed by atoms with Gasteiger partial charge in [-0.05, 0) is 37.5 Å². The van der Waals surface area contributed by atoms with Crippen LogP contribution in [0.5, 0.6) is 0 Å². The lowest BCUT2D eigenvalue weighted by Gasteiger charge is -2.50. The van der Waals surface area contributed by atoms with Gasteiger partial charge in [0.05, 0.1) is 6.61 Å². The Morgan fingerprint density at radius 3 is 2.33 bits per heavy atom. The number of carbonyl (C=O) groups is 1. The molecule has 0 spiro atoms. The third-order valence-electron chi connectivity index (χ3n) is 3.79. The molecule has 0 N–H and O–H groups in total. The average Bonchev–Trinajstić information content (AvgIpc) is 2.21. The van der Waals surface area contributed by atoms with Crippen molar-refractivity contribution in [2.75, 3.05) is 6.61 Å². The van der Waals surface area contributed by atoms with Crippen LogP contribution in [0.3, 0.4) is 0 Å². The lowest BCUT2D eigenvalue weighted by atomic mass is 9.65. The van der Waals surface area contributed by atoms with Crippen molar-refractivity contribution in [3.05, 3.63) is 0 Å². The van der Waals surface area contributed by atoms with E-state index in [2.05, 4.69) is 6.92 Å². The van der Waals surface area contributed by atoms with Gasteiger partial charge in [-0.15, -0.1) is 0 Å². The fourth-order valence-corrected chi connectivity index (χ4v) is 2.40. The normalized spacial score (nSPS) is 46.1. The van der Waals surface area contributed by atoms with Crippen LogP contribution in [0.15, 0.2) is 0 Å². The summed E-state index contributed by atoms with van der Waals surface area (Å²) in [5.74, 6) is 0. The molecule has 0 radical (unpaired) electrons. The summed E-state index contributed by atoms with van der Waals surface area (Å²) < 4.78 is 5.64. The third-order valence-corrected chi connectivity index (χ3v) is 3.79. The van der Waals surface area contributed by atoms with Gasteiger partial charge < -0.3 is 9.53 Å². The summed E-state index contributed by atoms with van der Waals surface area (Å²) in [4.78, 5) is 10.8. The molecule has 0 aromatic heterocycles. The summed E-state index contributed by atoms with van der Waals surface area (Å²) >= 11 is 0. The molecule has 0 aromatic carbocycles. The molecular weight excluding hydrogens is 152 g/mol. The number of aldehydes is 1. The van der Waals surface area contributed by atoms with Crippen molar-refractivity contribution in [1.82, 2.24) is 0 Å². The molecule has 68 valence electrons. The maximum Gasteiger partial charge on any atom is 0.151 e. The predicted octanol–water partition coefficient (Wildman–Crippen LogP) is 1.92. The molecule has 3 rings (SSSR count). The van der Waals surface area contributed by atoms with Crippen molar-refractivity contribution in [3.63, 3.8) is 0 Å². The fraction of sp³-hybridized carbons (Fsp3) is 0.900. The Balaban J connectivity index is 2.14. The molecule has 0 aromatic rings. The number of hydrogen-bond donors (Lipinski definition) is 0. The zero-order chi connectivity index (χ0) is 8.66.